The fourth-order valence-electron chi connectivity index (χ4n) is 3.04. The van der Waals surface area contributed by atoms with E-state index in [4.69, 9.17) is 9.88 Å². The number of carbonyl (C=O) groups is 1. The molecule has 1 atom stereocenters. The summed E-state index contributed by atoms with van der Waals surface area (Å²) >= 11 is 4.48. The standard InChI is InChI=1S/C16H21F3N4O3S2/c17-12-7-10(1-2-13(12)22-3-5-28(20,25)6-4-22)23-9-11(26-16(23)24)8-21-15(27)14(18)19/h1-2,7,11,14,25H,3-6,8-9,20H2,(H,21,27)/t11-/m0/s1. The highest BCUT2D eigenvalue weighted by molar-refractivity contribution is 8.27. The number of nitrogens with zero attached hydrogens (tertiary/aromatic N) is 2. The van der Waals surface area contributed by atoms with Gasteiger partial charge in [-0.05, 0) is 18.2 Å². The third-order valence-electron chi connectivity index (χ3n) is 4.59. The molecule has 1 aromatic carbocycles. The van der Waals surface area contributed by atoms with Crippen molar-refractivity contribution in [3.8, 4) is 0 Å². The van der Waals surface area contributed by atoms with Crippen LogP contribution in [0.15, 0.2) is 18.2 Å². The predicted molar refractivity (Wildman–Crippen MR) is 107 cm³/mol. The Morgan fingerprint density at radius 1 is 1.43 bits per heavy atom. The van der Waals surface area contributed by atoms with Gasteiger partial charge in [0, 0.05) is 24.6 Å². The lowest BCUT2D eigenvalue weighted by atomic mass is 10.2. The molecule has 2 aliphatic heterocycles. The maximum absolute atomic E-state index is 14.6. The molecule has 2 heterocycles. The molecular formula is C16H21F3N4O3S2. The molecule has 0 unspecified atom stereocenters. The van der Waals surface area contributed by atoms with Crippen LogP contribution in [0.5, 0.6) is 0 Å². The number of amides is 1. The summed E-state index contributed by atoms with van der Waals surface area (Å²) in [6.07, 6.45) is -4.15. The van der Waals surface area contributed by atoms with Crippen LogP contribution in [-0.4, -0.2) is 65.8 Å². The molecule has 2 aliphatic rings. The lowest BCUT2D eigenvalue weighted by Crippen LogP contribution is -2.41. The lowest BCUT2D eigenvalue weighted by Gasteiger charge is -2.40. The van der Waals surface area contributed by atoms with E-state index in [0.717, 1.165) is 0 Å². The van der Waals surface area contributed by atoms with Gasteiger partial charge in [-0.3, -0.25) is 10.0 Å². The molecule has 0 aliphatic carbocycles. The number of ether oxygens (including phenoxy) is 1. The molecule has 7 nitrogen and oxygen atoms in total. The van der Waals surface area contributed by atoms with E-state index in [1.807, 2.05) is 0 Å². The highest BCUT2D eigenvalue weighted by Crippen LogP contribution is 2.38. The third kappa shape index (κ3) is 4.80. The number of carbonyl (C=O) groups excluding carboxylic acids is 1. The maximum atomic E-state index is 14.6. The van der Waals surface area contributed by atoms with Crippen LogP contribution in [0.1, 0.15) is 0 Å². The van der Waals surface area contributed by atoms with Crippen molar-refractivity contribution in [3.63, 3.8) is 0 Å². The molecule has 0 spiro atoms. The molecule has 4 N–H and O–H groups in total. The van der Waals surface area contributed by atoms with E-state index in [-0.39, 0.29) is 13.1 Å². The Bertz CT molecular complexity index is 759. The zero-order valence-corrected chi connectivity index (χ0v) is 16.4. The normalized spacial score (nSPS) is 22.9. The van der Waals surface area contributed by atoms with Crippen LogP contribution in [0, 0.1) is 5.82 Å². The molecule has 1 amide bonds. The van der Waals surface area contributed by atoms with Crippen molar-refractivity contribution in [1.29, 1.82) is 0 Å². The summed E-state index contributed by atoms with van der Waals surface area (Å²) in [5.41, 5.74) is 0.676. The van der Waals surface area contributed by atoms with Gasteiger partial charge in [0.1, 0.15) is 16.9 Å². The van der Waals surface area contributed by atoms with E-state index in [1.54, 1.807) is 17.0 Å². The zero-order valence-electron chi connectivity index (χ0n) is 14.8. The number of nitrogens with two attached hydrogens (primary N) is 1. The van der Waals surface area contributed by atoms with Gasteiger partial charge < -0.3 is 19.5 Å². The number of cyclic esters (lactones) is 1. The number of hydrogen-bond donors (Lipinski definition) is 3. The average Bonchev–Trinajstić information content (AvgIpc) is 3.00. The van der Waals surface area contributed by atoms with Gasteiger partial charge in [0.15, 0.2) is 0 Å². The minimum Gasteiger partial charge on any atom is -0.442 e. The monoisotopic (exact) mass is 438 g/mol. The molecule has 0 radical (unpaired) electrons. The number of halogens is 3. The molecule has 28 heavy (non-hydrogen) atoms. The molecule has 0 aromatic heterocycles. The summed E-state index contributed by atoms with van der Waals surface area (Å²) in [5, 5.41) is 8.11. The Morgan fingerprint density at radius 2 is 2.11 bits per heavy atom. The molecule has 12 heteroatoms. The smallest absolute Gasteiger partial charge is 0.414 e. The fourth-order valence-corrected chi connectivity index (χ4v) is 4.40. The van der Waals surface area contributed by atoms with Crippen LogP contribution in [0.3, 0.4) is 0 Å². The van der Waals surface area contributed by atoms with Gasteiger partial charge in [-0.15, -0.1) is 0 Å². The van der Waals surface area contributed by atoms with Crippen molar-refractivity contribution >= 4 is 45.2 Å². The van der Waals surface area contributed by atoms with Gasteiger partial charge in [0.2, 0.25) is 0 Å². The molecule has 0 saturated carbocycles. The van der Waals surface area contributed by atoms with E-state index >= 15 is 0 Å². The van der Waals surface area contributed by atoms with Crippen molar-refractivity contribution in [2.24, 2.45) is 5.14 Å². The van der Waals surface area contributed by atoms with Crippen LogP contribution in [0.25, 0.3) is 0 Å². The second-order valence-electron chi connectivity index (χ2n) is 6.59. The Balaban J connectivity index is 1.63. The number of benzene rings is 1. The molecule has 3 rings (SSSR count). The van der Waals surface area contributed by atoms with Gasteiger partial charge >= 0.3 is 6.09 Å². The van der Waals surface area contributed by atoms with E-state index in [2.05, 4.69) is 17.5 Å². The fraction of sp³-hybridized carbons (Fsp3) is 0.500. The van der Waals surface area contributed by atoms with Crippen molar-refractivity contribution in [3.05, 3.63) is 24.0 Å². The van der Waals surface area contributed by atoms with Crippen molar-refractivity contribution in [2.45, 2.75) is 12.5 Å². The number of nitrogens with one attached hydrogen (secondary N) is 1. The Hall–Kier alpha value is -1.76. The van der Waals surface area contributed by atoms with Crippen LogP contribution in [0.2, 0.25) is 0 Å². The summed E-state index contributed by atoms with van der Waals surface area (Å²) in [5.74, 6) is 0.298. The van der Waals surface area contributed by atoms with Gasteiger partial charge in [-0.25, -0.2) is 18.0 Å². The number of alkyl halides is 2. The van der Waals surface area contributed by atoms with E-state index < -0.39 is 39.9 Å². The molecule has 1 aromatic rings. The van der Waals surface area contributed by atoms with Gasteiger partial charge in [0.05, 0.1) is 24.5 Å². The summed E-state index contributed by atoms with van der Waals surface area (Å²) in [4.78, 5) is 14.5. The zero-order chi connectivity index (χ0) is 20.5. The molecule has 2 saturated heterocycles. The summed E-state index contributed by atoms with van der Waals surface area (Å²) in [7, 11) is -2.08. The molecule has 2 fully saturated rings. The second-order valence-corrected chi connectivity index (χ2v) is 9.65. The predicted octanol–water partition coefficient (Wildman–Crippen LogP) is 2.30. The Kier molecular flexibility index (Phi) is 6.22. The Labute approximate surface area is 167 Å². The van der Waals surface area contributed by atoms with Crippen LogP contribution in [-0.2, 0) is 4.74 Å². The van der Waals surface area contributed by atoms with Crippen molar-refractivity contribution in [1.82, 2.24) is 5.32 Å². The van der Waals surface area contributed by atoms with Crippen LogP contribution in [0.4, 0.5) is 29.3 Å². The first-order valence-corrected chi connectivity index (χ1v) is 10.9. The van der Waals surface area contributed by atoms with Crippen molar-refractivity contribution in [2.75, 3.05) is 47.5 Å². The number of anilines is 2. The SMILES string of the molecule is NS1(O)CCN(c2ccc(N3C[C@H](CNC(=S)C(F)F)OC3=O)cc2F)CC1. The largest absolute Gasteiger partial charge is 0.442 e. The third-order valence-corrected chi connectivity index (χ3v) is 6.69. The Morgan fingerprint density at radius 3 is 2.71 bits per heavy atom. The average molecular weight is 438 g/mol. The van der Waals surface area contributed by atoms with Gasteiger partial charge in [-0.1, -0.05) is 22.7 Å². The second kappa shape index (κ2) is 8.31. The molecule has 156 valence electrons. The number of rotatable bonds is 5. The van der Waals surface area contributed by atoms with Crippen LogP contribution >= 0.6 is 22.7 Å². The highest BCUT2D eigenvalue weighted by Gasteiger charge is 2.33. The summed E-state index contributed by atoms with van der Waals surface area (Å²) in [6, 6.07) is 4.38. The molecule has 0 bridgehead atoms. The summed E-state index contributed by atoms with van der Waals surface area (Å²) in [6.45, 7) is 0.929. The maximum Gasteiger partial charge on any atom is 0.414 e. The lowest BCUT2D eigenvalue weighted by molar-refractivity contribution is 0.142. The van der Waals surface area contributed by atoms with Gasteiger partial charge in [-0.2, -0.15) is 0 Å². The molecular weight excluding hydrogens is 417 g/mol. The number of hydrogen-bond acceptors (Lipinski definition) is 6. The van der Waals surface area contributed by atoms with E-state index in [0.29, 0.717) is 36.0 Å². The van der Waals surface area contributed by atoms with Crippen molar-refractivity contribution < 1.29 is 27.3 Å². The first-order valence-electron chi connectivity index (χ1n) is 8.54. The van der Waals surface area contributed by atoms with E-state index in [1.165, 1.54) is 11.0 Å². The quantitative estimate of drug-likeness (QED) is 0.608. The number of thiocarbonyl (C=S) groups is 1. The summed E-state index contributed by atoms with van der Waals surface area (Å²) < 4.78 is 54.5. The minimum absolute atomic E-state index is 0.0515. The minimum atomic E-state index is -2.78. The highest BCUT2D eigenvalue weighted by atomic mass is 32.3. The first kappa shape index (κ1) is 21.0. The topological polar surface area (TPSA) is 91.1 Å². The van der Waals surface area contributed by atoms with Crippen LogP contribution < -0.4 is 20.3 Å². The van der Waals surface area contributed by atoms with Gasteiger partial charge in [0.25, 0.3) is 6.43 Å². The first-order chi connectivity index (χ1) is 13.2. The van der Waals surface area contributed by atoms with E-state index in [9.17, 15) is 22.5 Å².